The molecule has 0 heterocycles. The number of nitrogens with one attached hydrogen (secondary N) is 1. The van der Waals surface area contributed by atoms with Gasteiger partial charge in [0.1, 0.15) is 0 Å². The summed E-state index contributed by atoms with van der Waals surface area (Å²) in [6.45, 7) is 2.02. The summed E-state index contributed by atoms with van der Waals surface area (Å²) in [6.07, 6.45) is 1.93. The molecule has 0 saturated carbocycles. The van der Waals surface area contributed by atoms with Gasteiger partial charge in [-0.1, -0.05) is 18.2 Å². The number of hydrogen-bond donors (Lipinski definition) is 2. The van der Waals surface area contributed by atoms with E-state index in [4.69, 9.17) is 0 Å². The molecule has 100 valence electrons. The molecule has 0 aromatic heterocycles. The minimum Gasteiger partial charge on any atom is -0.387 e. The number of benzene rings is 1. The molecule has 0 fully saturated rings. The van der Waals surface area contributed by atoms with Crippen LogP contribution in [0.1, 0.15) is 6.92 Å². The summed E-state index contributed by atoms with van der Waals surface area (Å²) in [5.74, 6) is 0.934. The molecular weight excluding hydrogens is 266 g/mol. The topological polar surface area (TPSA) is 49.3 Å². The van der Waals surface area contributed by atoms with Gasteiger partial charge in [0.25, 0.3) is 0 Å². The molecule has 0 spiro atoms. The largest absolute Gasteiger partial charge is 0.387 e. The summed E-state index contributed by atoms with van der Waals surface area (Å²) in [4.78, 5) is 12.7. The van der Waals surface area contributed by atoms with Crippen molar-refractivity contribution in [2.45, 2.75) is 17.4 Å². The first-order valence-corrected chi connectivity index (χ1v) is 8.07. The van der Waals surface area contributed by atoms with Gasteiger partial charge in [0.15, 0.2) is 0 Å². The molecule has 3 nitrogen and oxygen atoms in total. The smallest absolute Gasteiger partial charge is 0.230 e. The van der Waals surface area contributed by atoms with Crippen LogP contribution in [-0.2, 0) is 4.79 Å². The third kappa shape index (κ3) is 6.33. The Hall–Kier alpha value is -0.650. The van der Waals surface area contributed by atoms with Crippen molar-refractivity contribution in [3.05, 3.63) is 30.3 Å². The number of rotatable bonds is 7. The summed E-state index contributed by atoms with van der Waals surface area (Å²) < 4.78 is 0. The normalized spacial score (nSPS) is 13.9. The molecule has 18 heavy (non-hydrogen) atoms. The van der Waals surface area contributed by atoms with Crippen LogP contribution in [-0.4, -0.2) is 40.9 Å². The molecule has 1 rings (SSSR count). The van der Waals surface area contributed by atoms with Gasteiger partial charge in [-0.2, -0.15) is 11.8 Å². The lowest BCUT2D eigenvalue weighted by atomic mass is 10.1. The molecule has 5 heteroatoms. The standard InChI is InChI=1S/C13H19NO2S2/c1-13(16,10-17-2)9-14-12(15)8-18-11-6-4-3-5-7-11/h3-7,16H,8-10H2,1-2H3,(H,14,15). The Balaban J connectivity index is 2.26. The Kier molecular flexibility index (Phi) is 6.60. The molecule has 2 N–H and O–H groups in total. The Bertz CT molecular complexity index is 369. The monoisotopic (exact) mass is 285 g/mol. The minimum absolute atomic E-state index is 0.0507. The average molecular weight is 285 g/mol. The molecule has 0 aliphatic rings. The van der Waals surface area contributed by atoms with E-state index in [2.05, 4.69) is 5.32 Å². The molecular formula is C13H19NO2S2. The zero-order chi connectivity index (χ0) is 13.4. The van der Waals surface area contributed by atoms with Crippen LogP contribution in [0.3, 0.4) is 0 Å². The third-order valence-electron chi connectivity index (χ3n) is 2.23. The van der Waals surface area contributed by atoms with Crippen LogP contribution < -0.4 is 5.32 Å². The van der Waals surface area contributed by atoms with Crippen molar-refractivity contribution >= 4 is 29.4 Å². The highest BCUT2D eigenvalue weighted by Gasteiger charge is 2.20. The Morgan fingerprint density at radius 2 is 2.06 bits per heavy atom. The minimum atomic E-state index is -0.841. The Morgan fingerprint density at radius 1 is 1.39 bits per heavy atom. The van der Waals surface area contributed by atoms with Gasteiger partial charge in [0.2, 0.25) is 5.91 Å². The first-order chi connectivity index (χ1) is 8.53. The zero-order valence-electron chi connectivity index (χ0n) is 10.7. The van der Waals surface area contributed by atoms with Crippen molar-refractivity contribution in [3.8, 4) is 0 Å². The second kappa shape index (κ2) is 7.71. The quantitative estimate of drug-likeness (QED) is 0.753. The van der Waals surface area contributed by atoms with Gasteiger partial charge in [-0.05, 0) is 25.3 Å². The van der Waals surface area contributed by atoms with Gasteiger partial charge in [0, 0.05) is 17.2 Å². The number of carbonyl (C=O) groups excluding carboxylic acids is 1. The fourth-order valence-corrected chi connectivity index (χ4v) is 2.84. The van der Waals surface area contributed by atoms with Crippen molar-refractivity contribution in [2.75, 3.05) is 24.3 Å². The molecule has 0 saturated heterocycles. The van der Waals surface area contributed by atoms with E-state index < -0.39 is 5.60 Å². The first kappa shape index (κ1) is 15.4. The summed E-state index contributed by atoms with van der Waals surface area (Å²) in [5, 5.41) is 12.7. The lowest BCUT2D eigenvalue weighted by Gasteiger charge is -2.22. The highest BCUT2D eigenvalue weighted by Crippen LogP contribution is 2.16. The zero-order valence-corrected chi connectivity index (χ0v) is 12.3. The molecule has 0 aliphatic carbocycles. The molecule has 0 bridgehead atoms. The SMILES string of the molecule is CSCC(C)(O)CNC(=O)CSc1ccccc1. The maximum atomic E-state index is 11.6. The lowest BCUT2D eigenvalue weighted by molar-refractivity contribution is -0.119. The van der Waals surface area contributed by atoms with Crippen molar-refractivity contribution in [1.82, 2.24) is 5.32 Å². The van der Waals surface area contributed by atoms with Crippen molar-refractivity contribution in [3.63, 3.8) is 0 Å². The highest BCUT2D eigenvalue weighted by molar-refractivity contribution is 8.00. The predicted molar refractivity (Wildman–Crippen MR) is 79.2 cm³/mol. The van der Waals surface area contributed by atoms with E-state index in [9.17, 15) is 9.90 Å². The van der Waals surface area contributed by atoms with E-state index in [-0.39, 0.29) is 5.91 Å². The van der Waals surface area contributed by atoms with Crippen LogP contribution in [0.15, 0.2) is 35.2 Å². The van der Waals surface area contributed by atoms with E-state index >= 15 is 0 Å². The van der Waals surface area contributed by atoms with E-state index in [1.54, 1.807) is 18.7 Å². The third-order valence-corrected chi connectivity index (χ3v) is 4.16. The summed E-state index contributed by atoms with van der Waals surface area (Å²) in [6, 6.07) is 9.79. The molecule has 1 atom stereocenters. The van der Waals surface area contributed by atoms with Crippen molar-refractivity contribution in [2.24, 2.45) is 0 Å². The highest BCUT2D eigenvalue weighted by atomic mass is 32.2. The van der Waals surface area contributed by atoms with Gasteiger partial charge in [0.05, 0.1) is 11.4 Å². The molecule has 1 aromatic rings. The van der Waals surface area contributed by atoms with Crippen LogP contribution in [0, 0.1) is 0 Å². The molecule has 0 aliphatic heterocycles. The molecule has 1 amide bonds. The first-order valence-electron chi connectivity index (χ1n) is 5.69. The summed E-state index contributed by atoms with van der Waals surface area (Å²) >= 11 is 3.06. The number of hydrogen-bond acceptors (Lipinski definition) is 4. The van der Waals surface area contributed by atoms with E-state index in [0.717, 1.165) is 4.90 Å². The lowest BCUT2D eigenvalue weighted by Crippen LogP contribution is -2.43. The van der Waals surface area contributed by atoms with Crippen LogP contribution in [0.2, 0.25) is 0 Å². The summed E-state index contributed by atoms with van der Waals surface area (Å²) in [7, 11) is 0. The summed E-state index contributed by atoms with van der Waals surface area (Å²) in [5.41, 5.74) is -0.841. The fraction of sp³-hybridized carbons (Fsp3) is 0.462. The van der Waals surface area contributed by atoms with Crippen LogP contribution in [0.4, 0.5) is 0 Å². The van der Waals surface area contributed by atoms with Crippen LogP contribution >= 0.6 is 23.5 Å². The van der Waals surface area contributed by atoms with Gasteiger partial charge >= 0.3 is 0 Å². The fourth-order valence-electron chi connectivity index (χ4n) is 1.37. The average Bonchev–Trinajstić information content (AvgIpc) is 2.35. The second-order valence-corrected chi connectivity index (χ2v) is 6.22. The maximum absolute atomic E-state index is 11.6. The Labute approximate surface area is 117 Å². The van der Waals surface area contributed by atoms with Gasteiger partial charge in [-0.25, -0.2) is 0 Å². The second-order valence-electron chi connectivity index (χ2n) is 4.31. The van der Waals surface area contributed by atoms with Crippen LogP contribution in [0.5, 0.6) is 0 Å². The molecule has 1 aromatic carbocycles. The predicted octanol–water partition coefficient (Wildman–Crippen LogP) is 2.01. The van der Waals surface area contributed by atoms with Crippen LogP contribution in [0.25, 0.3) is 0 Å². The number of thioether (sulfide) groups is 2. The maximum Gasteiger partial charge on any atom is 0.230 e. The van der Waals surface area contributed by atoms with Crippen molar-refractivity contribution < 1.29 is 9.90 Å². The number of aliphatic hydroxyl groups is 1. The molecule has 1 unspecified atom stereocenters. The van der Waals surface area contributed by atoms with Gasteiger partial charge < -0.3 is 10.4 Å². The van der Waals surface area contributed by atoms with Crippen molar-refractivity contribution in [1.29, 1.82) is 0 Å². The van der Waals surface area contributed by atoms with Gasteiger partial charge in [-0.3, -0.25) is 4.79 Å². The van der Waals surface area contributed by atoms with Gasteiger partial charge in [-0.15, -0.1) is 11.8 Å². The number of amides is 1. The molecule has 0 radical (unpaired) electrons. The van der Waals surface area contributed by atoms with E-state index in [1.165, 1.54) is 11.8 Å². The Morgan fingerprint density at radius 3 is 2.67 bits per heavy atom. The van der Waals surface area contributed by atoms with E-state index in [1.807, 2.05) is 36.6 Å². The van der Waals surface area contributed by atoms with E-state index in [0.29, 0.717) is 18.1 Å². The number of carbonyl (C=O) groups is 1.